The normalized spacial score (nSPS) is 10.1. The first-order valence-electron chi connectivity index (χ1n) is 8.46. The van der Waals surface area contributed by atoms with Crippen molar-refractivity contribution in [3.8, 4) is 11.5 Å². The summed E-state index contributed by atoms with van der Waals surface area (Å²) >= 11 is 0. The van der Waals surface area contributed by atoms with Crippen LogP contribution in [0, 0.1) is 0 Å². The van der Waals surface area contributed by atoms with Gasteiger partial charge in [0.25, 0.3) is 5.91 Å². The van der Waals surface area contributed by atoms with E-state index in [0.29, 0.717) is 23.9 Å². The molecule has 1 amide bonds. The number of nitrogens with zero attached hydrogens (tertiary/aromatic N) is 2. The van der Waals surface area contributed by atoms with Crippen LogP contribution in [0.3, 0.4) is 0 Å². The fourth-order valence-electron chi connectivity index (χ4n) is 2.40. The Morgan fingerprint density at radius 2 is 1.93 bits per heavy atom. The van der Waals surface area contributed by atoms with Gasteiger partial charge in [0.05, 0.1) is 31.8 Å². The average molecular weight is 364 g/mol. The fraction of sp³-hybridized carbons (Fsp3) is 0.150. The Kier molecular flexibility index (Phi) is 5.84. The van der Waals surface area contributed by atoms with Gasteiger partial charge in [0, 0.05) is 11.8 Å². The van der Waals surface area contributed by atoms with Crippen LogP contribution in [0.4, 0.5) is 17.2 Å². The maximum absolute atomic E-state index is 12.4. The standard InChI is InChI=1S/C20H20N4O3/c1-3-27-18-10-5-4-9-16(18)24-20(25)17-12-22-19(13-21-17)23-14-7-6-8-15(11-14)26-2/h4-13H,3H2,1-2H3,(H,22,23)(H,24,25). The highest BCUT2D eigenvalue weighted by molar-refractivity contribution is 6.03. The van der Waals surface area contributed by atoms with E-state index >= 15 is 0 Å². The Morgan fingerprint density at radius 3 is 2.67 bits per heavy atom. The van der Waals surface area contributed by atoms with Crippen molar-refractivity contribution < 1.29 is 14.3 Å². The molecule has 2 aromatic carbocycles. The Morgan fingerprint density at radius 1 is 1.07 bits per heavy atom. The van der Waals surface area contributed by atoms with Gasteiger partial charge in [0.15, 0.2) is 0 Å². The number of methoxy groups -OCH3 is 1. The van der Waals surface area contributed by atoms with Crippen molar-refractivity contribution >= 4 is 23.1 Å². The molecule has 0 radical (unpaired) electrons. The number of ether oxygens (including phenoxy) is 2. The number of hydrogen-bond donors (Lipinski definition) is 2. The zero-order valence-electron chi connectivity index (χ0n) is 15.1. The van der Waals surface area contributed by atoms with Crippen LogP contribution in [0.1, 0.15) is 17.4 Å². The first kappa shape index (κ1) is 18.2. The predicted octanol–water partition coefficient (Wildman–Crippen LogP) is 3.88. The number of hydrogen-bond acceptors (Lipinski definition) is 6. The van der Waals surface area contributed by atoms with E-state index in [9.17, 15) is 4.79 Å². The lowest BCUT2D eigenvalue weighted by molar-refractivity contribution is 0.102. The second kappa shape index (κ2) is 8.66. The smallest absolute Gasteiger partial charge is 0.275 e. The fourth-order valence-corrected chi connectivity index (χ4v) is 2.40. The minimum absolute atomic E-state index is 0.206. The zero-order valence-corrected chi connectivity index (χ0v) is 15.1. The summed E-state index contributed by atoms with van der Waals surface area (Å²) in [5.41, 5.74) is 1.61. The molecule has 0 aliphatic rings. The first-order chi connectivity index (χ1) is 13.2. The summed E-state index contributed by atoms with van der Waals surface area (Å²) < 4.78 is 10.7. The number of amides is 1. The molecule has 0 aliphatic heterocycles. The van der Waals surface area contributed by atoms with Gasteiger partial charge in [0.2, 0.25) is 0 Å². The quantitative estimate of drug-likeness (QED) is 0.662. The van der Waals surface area contributed by atoms with Crippen LogP contribution in [0.25, 0.3) is 0 Å². The highest BCUT2D eigenvalue weighted by Gasteiger charge is 2.11. The summed E-state index contributed by atoms with van der Waals surface area (Å²) in [6.07, 6.45) is 2.92. The van der Waals surface area contributed by atoms with E-state index in [1.807, 2.05) is 43.3 Å². The summed E-state index contributed by atoms with van der Waals surface area (Å²) in [5.74, 6) is 1.51. The molecule has 0 unspecified atom stereocenters. The lowest BCUT2D eigenvalue weighted by atomic mass is 10.3. The third kappa shape index (κ3) is 4.72. The van der Waals surface area contributed by atoms with Gasteiger partial charge in [-0.1, -0.05) is 18.2 Å². The lowest BCUT2D eigenvalue weighted by Gasteiger charge is -2.11. The minimum atomic E-state index is -0.359. The van der Waals surface area contributed by atoms with Gasteiger partial charge >= 0.3 is 0 Å². The zero-order chi connectivity index (χ0) is 19.1. The molecule has 0 saturated carbocycles. The number of anilines is 3. The molecule has 0 aliphatic carbocycles. The van der Waals surface area contributed by atoms with E-state index in [4.69, 9.17) is 9.47 Å². The Hall–Kier alpha value is -3.61. The predicted molar refractivity (Wildman–Crippen MR) is 104 cm³/mol. The third-order valence-electron chi connectivity index (χ3n) is 3.66. The van der Waals surface area contributed by atoms with Crippen molar-refractivity contribution in [2.24, 2.45) is 0 Å². The van der Waals surface area contributed by atoms with E-state index in [1.165, 1.54) is 12.4 Å². The molecule has 1 heterocycles. The van der Waals surface area contributed by atoms with Crippen LogP contribution in [0.5, 0.6) is 11.5 Å². The third-order valence-corrected chi connectivity index (χ3v) is 3.66. The van der Waals surface area contributed by atoms with Crippen molar-refractivity contribution in [1.29, 1.82) is 0 Å². The topological polar surface area (TPSA) is 85.4 Å². The van der Waals surface area contributed by atoms with Crippen molar-refractivity contribution in [3.63, 3.8) is 0 Å². The van der Waals surface area contributed by atoms with Gasteiger partial charge < -0.3 is 20.1 Å². The molecule has 7 nitrogen and oxygen atoms in total. The molecule has 138 valence electrons. The first-order valence-corrected chi connectivity index (χ1v) is 8.46. The summed E-state index contributed by atoms with van der Waals surface area (Å²) in [4.78, 5) is 20.8. The van der Waals surface area contributed by atoms with Crippen LogP contribution in [0.2, 0.25) is 0 Å². The van der Waals surface area contributed by atoms with Crippen molar-refractivity contribution in [3.05, 3.63) is 66.6 Å². The number of para-hydroxylation sites is 2. The molecular weight excluding hydrogens is 344 g/mol. The van der Waals surface area contributed by atoms with Gasteiger partial charge in [-0.05, 0) is 31.2 Å². The molecule has 7 heteroatoms. The van der Waals surface area contributed by atoms with Crippen LogP contribution in [0.15, 0.2) is 60.9 Å². The van der Waals surface area contributed by atoms with Gasteiger partial charge in [-0.3, -0.25) is 4.79 Å². The van der Waals surface area contributed by atoms with Crippen LogP contribution >= 0.6 is 0 Å². The molecule has 0 saturated heterocycles. The summed E-state index contributed by atoms with van der Waals surface area (Å²) in [7, 11) is 1.61. The second-order valence-electron chi connectivity index (χ2n) is 5.53. The van der Waals surface area contributed by atoms with Gasteiger partial charge in [-0.25, -0.2) is 9.97 Å². The van der Waals surface area contributed by atoms with E-state index in [1.54, 1.807) is 19.2 Å². The molecule has 27 heavy (non-hydrogen) atoms. The van der Waals surface area contributed by atoms with Gasteiger partial charge in [-0.2, -0.15) is 0 Å². The maximum Gasteiger partial charge on any atom is 0.275 e. The second-order valence-corrected chi connectivity index (χ2v) is 5.53. The van der Waals surface area contributed by atoms with Gasteiger partial charge in [0.1, 0.15) is 23.0 Å². The van der Waals surface area contributed by atoms with Crippen LogP contribution in [-0.4, -0.2) is 29.6 Å². The van der Waals surface area contributed by atoms with Crippen LogP contribution in [-0.2, 0) is 0 Å². The van der Waals surface area contributed by atoms with Crippen molar-refractivity contribution in [2.75, 3.05) is 24.4 Å². The SMILES string of the molecule is CCOc1ccccc1NC(=O)c1cnc(Nc2cccc(OC)c2)cn1. The van der Waals surface area contributed by atoms with E-state index < -0.39 is 0 Å². The Bertz CT molecular complexity index is 913. The number of rotatable bonds is 7. The largest absolute Gasteiger partial charge is 0.497 e. The molecular formula is C20H20N4O3. The van der Waals surface area contributed by atoms with Crippen molar-refractivity contribution in [1.82, 2.24) is 9.97 Å². The number of carbonyl (C=O) groups is 1. The summed E-state index contributed by atoms with van der Waals surface area (Å²) in [6.45, 7) is 2.40. The molecule has 3 aromatic rings. The molecule has 3 rings (SSSR count). The maximum atomic E-state index is 12.4. The van der Waals surface area contributed by atoms with E-state index in [0.717, 1.165) is 11.4 Å². The molecule has 2 N–H and O–H groups in total. The van der Waals surface area contributed by atoms with Gasteiger partial charge in [-0.15, -0.1) is 0 Å². The summed E-state index contributed by atoms with van der Waals surface area (Å²) in [6, 6.07) is 14.7. The molecule has 0 atom stereocenters. The van der Waals surface area contributed by atoms with Crippen LogP contribution < -0.4 is 20.1 Å². The Balaban J connectivity index is 1.68. The number of aromatic nitrogens is 2. The molecule has 0 bridgehead atoms. The molecule has 0 fully saturated rings. The number of benzene rings is 2. The van der Waals surface area contributed by atoms with E-state index in [-0.39, 0.29) is 11.6 Å². The summed E-state index contributed by atoms with van der Waals surface area (Å²) in [5, 5.41) is 5.91. The minimum Gasteiger partial charge on any atom is -0.497 e. The number of nitrogens with one attached hydrogen (secondary N) is 2. The monoisotopic (exact) mass is 364 g/mol. The highest BCUT2D eigenvalue weighted by atomic mass is 16.5. The molecule has 1 aromatic heterocycles. The van der Waals surface area contributed by atoms with E-state index in [2.05, 4.69) is 20.6 Å². The lowest BCUT2D eigenvalue weighted by Crippen LogP contribution is -2.15. The average Bonchev–Trinajstić information content (AvgIpc) is 2.70. The number of carbonyl (C=O) groups excluding carboxylic acids is 1. The Labute approximate surface area is 157 Å². The highest BCUT2D eigenvalue weighted by Crippen LogP contribution is 2.24. The van der Waals surface area contributed by atoms with Crippen molar-refractivity contribution in [2.45, 2.75) is 6.92 Å². The molecule has 0 spiro atoms.